The quantitative estimate of drug-likeness (QED) is 0.666. The van der Waals surface area contributed by atoms with Gasteiger partial charge < -0.3 is 10.1 Å². The molecule has 0 fully saturated rings. The molecule has 0 bridgehead atoms. The molecular formula is C21H26N2O5S. The van der Waals surface area contributed by atoms with E-state index in [1.165, 1.54) is 35.6 Å². The Morgan fingerprint density at radius 1 is 1.03 bits per heavy atom. The number of hydrogen-bond donors (Lipinski definition) is 1. The van der Waals surface area contributed by atoms with Crippen LogP contribution in [0.25, 0.3) is 0 Å². The van der Waals surface area contributed by atoms with Crippen molar-refractivity contribution in [3.63, 3.8) is 0 Å². The molecule has 156 valence electrons. The molecule has 0 atom stereocenters. The second kappa shape index (κ2) is 9.09. The third-order valence-corrected chi connectivity index (χ3v) is 6.36. The van der Waals surface area contributed by atoms with Gasteiger partial charge in [-0.05, 0) is 56.7 Å². The molecular weight excluding hydrogens is 392 g/mol. The molecule has 2 aromatic carbocycles. The number of sulfonamides is 1. The molecule has 7 nitrogen and oxygen atoms in total. The number of carbonyl (C=O) groups excluding carboxylic acids is 2. The number of amides is 1. The Morgan fingerprint density at radius 3 is 2.17 bits per heavy atom. The summed E-state index contributed by atoms with van der Waals surface area (Å²) in [6.45, 7) is 5.28. The minimum atomic E-state index is -3.77. The summed E-state index contributed by atoms with van der Waals surface area (Å²) in [6.07, 6.45) is 0.736. The van der Waals surface area contributed by atoms with Crippen molar-refractivity contribution >= 4 is 27.6 Å². The van der Waals surface area contributed by atoms with Crippen LogP contribution < -0.4 is 9.62 Å². The third kappa shape index (κ3) is 5.80. The number of esters is 1. The van der Waals surface area contributed by atoms with E-state index in [9.17, 15) is 18.0 Å². The van der Waals surface area contributed by atoms with Gasteiger partial charge in [0.2, 0.25) is 0 Å². The first-order valence-electron chi connectivity index (χ1n) is 9.19. The molecule has 0 saturated carbocycles. The van der Waals surface area contributed by atoms with Gasteiger partial charge in [0.25, 0.3) is 15.9 Å². The van der Waals surface area contributed by atoms with E-state index in [-0.39, 0.29) is 16.0 Å². The maximum Gasteiger partial charge on any atom is 0.338 e. The zero-order valence-corrected chi connectivity index (χ0v) is 17.8. The second-order valence-electron chi connectivity index (χ2n) is 7.19. The molecule has 0 aliphatic rings. The van der Waals surface area contributed by atoms with Crippen LogP contribution in [0.15, 0.2) is 59.5 Å². The highest BCUT2D eigenvalue weighted by Gasteiger charge is 2.22. The molecule has 29 heavy (non-hydrogen) atoms. The van der Waals surface area contributed by atoms with Crippen molar-refractivity contribution in [3.05, 3.63) is 60.2 Å². The third-order valence-electron chi connectivity index (χ3n) is 4.56. The lowest BCUT2D eigenvalue weighted by molar-refractivity contribution is -0.125. The van der Waals surface area contributed by atoms with Gasteiger partial charge in [0.05, 0.1) is 16.1 Å². The first kappa shape index (κ1) is 22.4. The van der Waals surface area contributed by atoms with Crippen molar-refractivity contribution in [2.45, 2.75) is 37.6 Å². The molecule has 0 aromatic heterocycles. The Kier molecular flexibility index (Phi) is 7.02. The monoisotopic (exact) mass is 418 g/mol. The summed E-state index contributed by atoms with van der Waals surface area (Å²) < 4.78 is 31.7. The molecule has 0 heterocycles. The van der Waals surface area contributed by atoms with Gasteiger partial charge in [-0.2, -0.15) is 0 Å². The SMILES string of the molecule is CCC(C)(C)NC(=O)COC(=O)c1ccc(S(=O)(=O)N(C)c2ccccc2)cc1. The van der Waals surface area contributed by atoms with Gasteiger partial charge >= 0.3 is 5.97 Å². The van der Waals surface area contributed by atoms with E-state index in [0.717, 1.165) is 6.42 Å². The number of para-hydroxylation sites is 1. The molecule has 2 aromatic rings. The Hall–Kier alpha value is -2.87. The van der Waals surface area contributed by atoms with Gasteiger partial charge in [0.1, 0.15) is 0 Å². The van der Waals surface area contributed by atoms with E-state index in [0.29, 0.717) is 5.69 Å². The van der Waals surface area contributed by atoms with Crippen molar-refractivity contribution in [1.29, 1.82) is 0 Å². The largest absolute Gasteiger partial charge is 0.452 e. The summed E-state index contributed by atoms with van der Waals surface area (Å²) in [5.74, 6) is -1.09. The van der Waals surface area contributed by atoms with Crippen LogP contribution in [0.5, 0.6) is 0 Å². The Labute approximate surface area is 171 Å². The number of nitrogens with zero attached hydrogens (tertiary/aromatic N) is 1. The van der Waals surface area contributed by atoms with Crippen molar-refractivity contribution in [2.75, 3.05) is 18.0 Å². The predicted octanol–water partition coefficient (Wildman–Crippen LogP) is 2.97. The van der Waals surface area contributed by atoms with Crippen molar-refractivity contribution in [3.8, 4) is 0 Å². The lowest BCUT2D eigenvalue weighted by Crippen LogP contribution is -2.44. The summed E-state index contributed by atoms with van der Waals surface area (Å²) in [7, 11) is -2.30. The fourth-order valence-electron chi connectivity index (χ4n) is 2.41. The van der Waals surface area contributed by atoms with Crippen LogP contribution in [-0.2, 0) is 19.6 Å². The maximum atomic E-state index is 12.7. The average molecular weight is 419 g/mol. The number of ether oxygens (including phenoxy) is 1. The topological polar surface area (TPSA) is 92.8 Å². The van der Waals surface area contributed by atoms with E-state index in [1.54, 1.807) is 30.3 Å². The number of anilines is 1. The fourth-order valence-corrected chi connectivity index (χ4v) is 3.61. The first-order valence-corrected chi connectivity index (χ1v) is 10.6. The number of carbonyl (C=O) groups is 2. The summed E-state index contributed by atoms with van der Waals surface area (Å²) >= 11 is 0. The summed E-state index contributed by atoms with van der Waals surface area (Å²) in [5.41, 5.74) is 0.301. The summed E-state index contributed by atoms with van der Waals surface area (Å²) in [5, 5.41) is 2.77. The van der Waals surface area contributed by atoms with Gasteiger partial charge in [-0.1, -0.05) is 25.1 Å². The number of nitrogens with one attached hydrogen (secondary N) is 1. The minimum Gasteiger partial charge on any atom is -0.452 e. The van der Waals surface area contributed by atoms with Crippen molar-refractivity contribution in [1.82, 2.24) is 5.32 Å². The molecule has 0 radical (unpaired) electrons. The van der Waals surface area contributed by atoms with E-state index >= 15 is 0 Å². The number of benzene rings is 2. The Morgan fingerprint density at radius 2 is 1.62 bits per heavy atom. The lowest BCUT2D eigenvalue weighted by atomic mass is 10.0. The van der Waals surface area contributed by atoms with Gasteiger partial charge in [-0.15, -0.1) is 0 Å². The van der Waals surface area contributed by atoms with Gasteiger partial charge in [-0.3, -0.25) is 9.10 Å². The van der Waals surface area contributed by atoms with Crippen LogP contribution in [0.2, 0.25) is 0 Å². The molecule has 0 aliphatic carbocycles. The minimum absolute atomic E-state index is 0.0443. The number of hydrogen-bond acceptors (Lipinski definition) is 5. The fraction of sp³-hybridized carbons (Fsp3) is 0.333. The standard InChI is InChI=1S/C21H26N2O5S/c1-5-21(2,3)22-19(24)15-28-20(25)16-11-13-18(14-12-16)29(26,27)23(4)17-9-7-6-8-10-17/h6-14H,5,15H2,1-4H3,(H,22,24). The van der Waals surface area contributed by atoms with Crippen LogP contribution in [0.3, 0.4) is 0 Å². The first-order chi connectivity index (χ1) is 13.6. The zero-order valence-electron chi connectivity index (χ0n) is 17.0. The molecule has 0 unspecified atom stereocenters. The lowest BCUT2D eigenvalue weighted by Gasteiger charge is -2.24. The summed E-state index contributed by atoms with van der Waals surface area (Å²) in [4.78, 5) is 24.1. The van der Waals surface area contributed by atoms with Crippen LogP contribution in [0.4, 0.5) is 5.69 Å². The second-order valence-corrected chi connectivity index (χ2v) is 9.16. The van der Waals surface area contributed by atoms with Crippen molar-refractivity contribution in [2.24, 2.45) is 0 Å². The normalized spacial score (nSPS) is 11.6. The Balaban J connectivity index is 2.04. The van der Waals surface area contributed by atoms with Gasteiger partial charge in [0.15, 0.2) is 6.61 Å². The van der Waals surface area contributed by atoms with Crippen LogP contribution >= 0.6 is 0 Å². The highest BCUT2D eigenvalue weighted by Crippen LogP contribution is 2.22. The van der Waals surface area contributed by atoms with Gasteiger partial charge in [-0.25, -0.2) is 13.2 Å². The highest BCUT2D eigenvalue weighted by atomic mass is 32.2. The predicted molar refractivity (Wildman–Crippen MR) is 111 cm³/mol. The Bertz CT molecular complexity index is 954. The summed E-state index contributed by atoms with van der Waals surface area (Å²) in [6, 6.07) is 14.1. The van der Waals surface area contributed by atoms with E-state index in [4.69, 9.17) is 4.74 Å². The molecule has 1 amide bonds. The van der Waals surface area contributed by atoms with Crippen molar-refractivity contribution < 1.29 is 22.7 Å². The van der Waals surface area contributed by atoms with E-state index in [2.05, 4.69) is 5.32 Å². The van der Waals surface area contributed by atoms with Crippen LogP contribution in [0, 0.1) is 0 Å². The van der Waals surface area contributed by atoms with Crippen LogP contribution in [-0.4, -0.2) is 39.5 Å². The highest BCUT2D eigenvalue weighted by molar-refractivity contribution is 7.92. The number of rotatable bonds is 8. The smallest absolute Gasteiger partial charge is 0.338 e. The van der Waals surface area contributed by atoms with E-state index in [1.807, 2.05) is 20.8 Å². The van der Waals surface area contributed by atoms with Crippen LogP contribution in [0.1, 0.15) is 37.6 Å². The molecule has 8 heteroatoms. The average Bonchev–Trinajstić information content (AvgIpc) is 2.71. The van der Waals surface area contributed by atoms with Gasteiger partial charge in [0, 0.05) is 12.6 Å². The molecule has 2 rings (SSSR count). The molecule has 0 saturated heterocycles. The molecule has 0 aliphatic heterocycles. The zero-order chi connectivity index (χ0) is 21.7. The maximum absolute atomic E-state index is 12.7. The van der Waals surface area contributed by atoms with E-state index < -0.39 is 28.5 Å². The molecule has 0 spiro atoms. The molecule has 1 N–H and O–H groups in total.